The van der Waals surface area contributed by atoms with Crippen molar-refractivity contribution < 1.29 is 9.47 Å². The number of hydrogen-bond acceptors (Lipinski definition) is 2. The third-order valence-electron chi connectivity index (χ3n) is 2.20. The van der Waals surface area contributed by atoms with Crippen LogP contribution in [0.2, 0.25) is 0 Å². The molecule has 1 rings (SSSR count). The van der Waals surface area contributed by atoms with Gasteiger partial charge in [-0.25, -0.2) is 0 Å². The fourth-order valence-corrected chi connectivity index (χ4v) is 1.54. The molecular weight excluding hydrogens is 164 g/mol. The maximum absolute atomic E-state index is 5.68. The van der Waals surface area contributed by atoms with Crippen molar-refractivity contribution >= 4 is 0 Å². The second-order valence-electron chi connectivity index (χ2n) is 3.95. The Bertz CT molecular complexity index is 173. The number of allylic oxidation sites excluding steroid dienone is 2. The summed E-state index contributed by atoms with van der Waals surface area (Å²) >= 11 is 0. The maximum atomic E-state index is 5.68. The minimum Gasteiger partial charge on any atom is -0.348 e. The van der Waals surface area contributed by atoms with Gasteiger partial charge in [0.15, 0.2) is 5.79 Å². The van der Waals surface area contributed by atoms with Gasteiger partial charge in [0.1, 0.15) is 0 Å². The Balaban J connectivity index is 2.10. The van der Waals surface area contributed by atoms with E-state index in [1.807, 2.05) is 13.8 Å². The van der Waals surface area contributed by atoms with Crippen LogP contribution in [0.15, 0.2) is 12.2 Å². The standard InChI is InChI=1S/C11H20O2/c1-4-5-6-7-8-10-9-12-11(2,3)13-10/h4-5,10H,6-9H2,1-3H3. The van der Waals surface area contributed by atoms with Gasteiger partial charge in [0, 0.05) is 0 Å². The van der Waals surface area contributed by atoms with Crippen molar-refractivity contribution in [3.05, 3.63) is 12.2 Å². The van der Waals surface area contributed by atoms with Gasteiger partial charge in [-0.1, -0.05) is 12.2 Å². The van der Waals surface area contributed by atoms with Crippen LogP contribution >= 0.6 is 0 Å². The molecule has 1 atom stereocenters. The molecule has 1 heterocycles. The summed E-state index contributed by atoms with van der Waals surface area (Å²) < 4.78 is 11.2. The molecular formula is C11H20O2. The fraction of sp³-hybridized carbons (Fsp3) is 0.818. The highest BCUT2D eigenvalue weighted by atomic mass is 16.7. The van der Waals surface area contributed by atoms with Crippen molar-refractivity contribution in [1.82, 2.24) is 0 Å². The fourth-order valence-electron chi connectivity index (χ4n) is 1.54. The van der Waals surface area contributed by atoms with E-state index in [9.17, 15) is 0 Å². The lowest BCUT2D eigenvalue weighted by atomic mass is 10.1. The van der Waals surface area contributed by atoms with Crippen molar-refractivity contribution in [2.24, 2.45) is 0 Å². The molecule has 1 unspecified atom stereocenters. The predicted molar refractivity (Wildman–Crippen MR) is 53.6 cm³/mol. The molecule has 76 valence electrons. The van der Waals surface area contributed by atoms with Crippen molar-refractivity contribution in [3.63, 3.8) is 0 Å². The van der Waals surface area contributed by atoms with E-state index in [0.717, 1.165) is 19.4 Å². The average Bonchev–Trinajstić information content (AvgIpc) is 2.40. The van der Waals surface area contributed by atoms with Crippen LogP contribution in [0, 0.1) is 0 Å². The first-order valence-corrected chi connectivity index (χ1v) is 5.07. The third-order valence-corrected chi connectivity index (χ3v) is 2.20. The zero-order valence-corrected chi connectivity index (χ0v) is 8.88. The van der Waals surface area contributed by atoms with Gasteiger partial charge in [0.05, 0.1) is 12.7 Å². The first kappa shape index (κ1) is 10.7. The van der Waals surface area contributed by atoms with Crippen molar-refractivity contribution in [1.29, 1.82) is 0 Å². The lowest BCUT2D eigenvalue weighted by molar-refractivity contribution is -0.139. The third kappa shape index (κ3) is 3.92. The van der Waals surface area contributed by atoms with E-state index in [4.69, 9.17) is 9.47 Å². The lowest BCUT2D eigenvalue weighted by Gasteiger charge is -2.16. The SMILES string of the molecule is CC=CCCCC1COC(C)(C)O1. The molecule has 0 radical (unpaired) electrons. The van der Waals surface area contributed by atoms with Crippen molar-refractivity contribution in [2.45, 2.75) is 51.9 Å². The molecule has 1 saturated heterocycles. The minimum absolute atomic E-state index is 0.306. The van der Waals surface area contributed by atoms with Gasteiger partial charge in [-0.3, -0.25) is 0 Å². The summed E-state index contributed by atoms with van der Waals surface area (Å²) in [5.41, 5.74) is 0. The van der Waals surface area contributed by atoms with Gasteiger partial charge >= 0.3 is 0 Å². The number of hydrogen-bond donors (Lipinski definition) is 0. The van der Waals surface area contributed by atoms with E-state index < -0.39 is 0 Å². The van der Waals surface area contributed by atoms with Crippen LogP contribution in [0.3, 0.4) is 0 Å². The Morgan fingerprint density at radius 1 is 1.46 bits per heavy atom. The van der Waals surface area contributed by atoms with Crippen LogP contribution in [0.1, 0.15) is 40.0 Å². The molecule has 0 bridgehead atoms. The average molecular weight is 184 g/mol. The summed E-state index contributed by atoms with van der Waals surface area (Å²) in [5.74, 6) is -0.356. The van der Waals surface area contributed by atoms with Gasteiger partial charge in [-0.15, -0.1) is 0 Å². The molecule has 0 aromatic carbocycles. The quantitative estimate of drug-likeness (QED) is 0.494. The predicted octanol–water partition coefficient (Wildman–Crippen LogP) is 2.88. The summed E-state index contributed by atoms with van der Waals surface area (Å²) in [6, 6.07) is 0. The Labute approximate surface area is 80.9 Å². The minimum atomic E-state index is -0.356. The molecule has 0 saturated carbocycles. The Hall–Kier alpha value is -0.340. The molecule has 0 amide bonds. The van der Waals surface area contributed by atoms with Gasteiger partial charge in [0.2, 0.25) is 0 Å². The van der Waals surface area contributed by atoms with E-state index in [1.54, 1.807) is 0 Å². The van der Waals surface area contributed by atoms with Crippen LogP contribution in [0.4, 0.5) is 0 Å². The smallest absolute Gasteiger partial charge is 0.163 e. The van der Waals surface area contributed by atoms with Gasteiger partial charge < -0.3 is 9.47 Å². The topological polar surface area (TPSA) is 18.5 Å². The van der Waals surface area contributed by atoms with Crippen molar-refractivity contribution in [2.75, 3.05) is 6.61 Å². The molecule has 0 aromatic heterocycles. The molecule has 13 heavy (non-hydrogen) atoms. The van der Waals surface area contributed by atoms with E-state index in [-0.39, 0.29) is 5.79 Å². The number of ether oxygens (including phenoxy) is 2. The van der Waals surface area contributed by atoms with E-state index in [1.165, 1.54) is 6.42 Å². The van der Waals surface area contributed by atoms with E-state index in [0.29, 0.717) is 6.10 Å². The van der Waals surface area contributed by atoms with E-state index in [2.05, 4.69) is 19.1 Å². The van der Waals surface area contributed by atoms with Gasteiger partial charge in [-0.05, 0) is 40.0 Å². The Morgan fingerprint density at radius 2 is 2.23 bits per heavy atom. The van der Waals surface area contributed by atoms with Crippen LogP contribution in [0.5, 0.6) is 0 Å². The maximum Gasteiger partial charge on any atom is 0.163 e. The summed E-state index contributed by atoms with van der Waals surface area (Å²) in [6.45, 7) is 6.75. The Morgan fingerprint density at radius 3 is 2.77 bits per heavy atom. The van der Waals surface area contributed by atoms with Gasteiger partial charge in [0.25, 0.3) is 0 Å². The number of unbranched alkanes of at least 4 members (excludes halogenated alkanes) is 1. The largest absolute Gasteiger partial charge is 0.348 e. The lowest BCUT2D eigenvalue weighted by Crippen LogP contribution is -2.21. The molecule has 0 N–H and O–H groups in total. The second kappa shape index (κ2) is 4.77. The summed E-state index contributed by atoms with van der Waals surface area (Å²) in [6.07, 6.45) is 8.04. The molecule has 0 aliphatic carbocycles. The zero-order chi connectivity index (χ0) is 9.73. The molecule has 0 aromatic rings. The van der Waals surface area contributed by atoms with Crippen LogP contribution in [-0.2, 0) is 9.47 Å². The summed E-state index contributed by atoms with van der Waals surface area (Å²) in [4.78, 5) is 0. The highest BCUT2D eigenvalue weighted by molar-refractivity contribution is 4.78. The number of rotatable bonds is 4. The Kier molecular flexibility index (Phi) is 3.94. The normalized spacial score (nSPS) is 27.2. The molecule has 2 nitrogen and oxygen atoms in total. The van der Waals surface area contributed by atoms with Crippen LogP contribution < -0.4 is 0 Å². The monoisotopic (exact) mass is 184 g/mol. The highest BCUT2D eigenvalue weighted by Crippen LogP contribution is 2.24. The molecule has 1 aliphatic heterocycles. The van der Waals surface area contributed by atoms with Crippen molar-refractivity contribution in [3.8, 4) is 0 Å². The molecule has 1 aliphatic rings. The zero-order valence-electron chi connectivity index (χ0n) is 8.88. The molecule has 2 heteroatoms. The molecule has 1 fully saturated rings. The first-order valence-electron chi connectivity index (χ1n) is 5.07. The first-order chi connectivity index (χ1) is 6.14. The highest BCUT2D eigenvalue weighted by Gasteiger charge is 2.31. The van der Waals surface area contributed by atoms with Crippen LogP contribution in [0.25, 0.3) is 0 Å². The summed E-state index contributed by atoms with van der Waals surface area (Å²) in [5, 5.41) is 0. The summed E-state index contributed by atoms with van der Waals surface area (Å²) in [7, 11) is 0. The van der Waals surface area contributed by atoms with E-state index >= 15 is 0 Å². The second-order valence-corrected chi connectivity index (χ2v) is 3.95. The van der Waals surface area contributed by atoms with Gasteiger partial charge in [-0.2, -0.15) is 0 Å². The van der Waals surface area contributed by atoms with Crippen LogP contribution in [-0.4, -0.2) is 18.5 Å². The molecule has 0 spiro atoms.